The van der Waals surface area contributed by atoms with E-state index in [1.165, 1.54) is 0 Å². The van der Waals surface area contributed by atoms with Crippen molar-refractivity contribution in [2.75, 3.05) is 32.7 Å². The lowest BCUT2D eigenvalue weighted by atomic mass is 9.95. The summed E-state index contributed by atoms with van der Waals surface area (Å²) in [6, 6.07) is 10.2. The van der Waals surface area contributed by atoms with Crippen molar-refractivity contribution in [3.63, 3.8) is 0 Å². The summed E-state index contributed by atoms with van der Waals surface area (Å²) in [4.78, 5) is 21.2. The predicted molar refractivity (Wildman–Crippen MR) is 116 cm³/mol. The van der Waals surface area contributed by atoms with E-state index < -0.39 is 5.41 Å². The first-order valence-corrected chi connectivity index (χ1v) is 10.0. The highest BCUT2D eigenvalue weighted by Crippen LogP contribution is 2.48. The van der Waals surface area contributed by atoms with E-state index in [4.69, 9.17) is 15.2 Å². The highest BCUT2D eigenvalue weighted by Gasteiger charge is 2.51. The fourth-order valence-electron chi connectivity index (χ4n) is 3.74. The third kappa shape index (κ3) is 3.74. The van der Waals surface area contributed by atoms with Gasteiger partial charge in [-0.3, -0.25) is 9.78 Å². The molecule has 1 amide bonds. The number of anilines is 1. The number of hydrogen-bond acceptors (Lipinski definition) is 6. The smallest absolute Gasteiger partial charge is 0.229 e. The van der Waals surface area contributed by atoms with Crippen LogP contribution in [0.5, 0.6) is 0 Å². The Bertz CT molecular complexity index is 1080. The molecule has 7 heteroatoms. The van der Waals surface area contributed by atoms with Crippen LogP contribution in [0.1, 0.15) is 24.1 Å². The van der Waals surface area contributed by atoms with Gasteiger partial charge in [-0.15, -0.1) is 0 Å². The Morgan fingerprint density at radius 1 is 1.17 bits per heavy atom. The molecule has 7 nitrogen and oxygen atoms in total. The second kappa shape index (κ2) is 8.38. The van der Waals surface area contributed by atoms with Crippen molar-refractivity contribution in [2.24, 2.45) is 5.73 Å². The molecular formula is C23H26N4O3. The maximum absolute atomic E-state index is 12.0. The van der Waals surface area contributed by atoms with E-state index >= 15 is 0 Å². The van der Waals surface area contributed by atoms with Crippen molar-refractivity contribution in [2.45, 2.75) is 24.9 Å². The van der Waals surface area contributed by atoms with E-state index in [-0.39, 0.29) is 5.91 Å². The molecule has 30 heavy (non-hydrogen) atoms. The molecule has 1 aliphatic rings. The van der Waals surface area contributed by atoms with Crippen molar-refractivity contribution in [1.82, 2.24) is 9.97 Å². The van der Waals surface area contributed by atoms with Crippen LogP contribution in [0.25, 0.3) is 21.9 Å². The number of rotatable bonds is 9. The summed E-state index contributed by atoms with van der Waals surface area (Å²) in [5.41, 5.74) is 8.85. The van der Waals surface area contributed by atoms with Crippen LogP contribution in [-0.4, -0.2) is 43.2 Å². The molecule has 0 unspecified atom stereocenters. The predicted octanol–water partition coefficient (Wildman–Crippen LogP) is 3.02. The maximum atomic E-state index is 12.0. The van der Waals surface area contributed by atoms with Gasteiger partial charge in [0.25, 0.3) is 0 Å². The first-order chi connectivity index (χ1) is 14.6. The van der Waals surface area contributed by atoms with Gasteiger partial charge in [0.2, 0.25) is 5.91 Å². The monoisotopic (exact) mass is 406 g/mol. The molecule has 3 aromatic rings. The Kier molecular flexibility index (Phi) is 5.65. The lowest BCUT2D eigenvalue weighted by Crippen LogP contribution is -2.29. The van der Waals surface area contributed by atoms with Gasteiger partial charge in [-0.05, 0) is 41.5 Å². The van der Waals surface area contributed by atoms with E-state index in [2.05, 4.69) is 27.4 Å². The summed E-state index contributed by atoms with van der Waals surface area (Å²) in [5.74, 6) is 0.435. The Balaban J connectivity index is 1.76. The van der Waals surface area contributed by atoms with Gasteiger partial charge < -0.3 is 20.5 Å². The van der Waals surface area contributed by atoms with E-state index in [1.807, 2.05) is 31.4 Å². The second-order valence-corrected chi connectivity index (χ2v) is 7.58. The van der Waals surface area contributed by atoms with E-state index in [0.29, 0.717) is 19.8 Å². The summed E-state index contributed by atoms with van der Waals surface area (Å²) >= 11 is 0. The minimum Gasteiger partial charge on any atom is -0.382 e. The molecule has 1 aliphatic carbocycles. The molecule has 156 valence electrons. The Labute approximate surface area is 175 Å². The van der Waals surface area contributed by atoms with Crippen molar-refractivity contribution in [3.8, 4) is 11.1 Å². The number of nitrogens with one attached hydrogen (secondary N) is 1. The van der Waals surface area contributed by atoms with Gasteiger partial charge in [-0.2, -0.15) is 0 Å². The van der Waals surface area contributed by atoms with Crippen LogP contribution in [0.2, 0.25) is 0 Å². The molecule has 0 spiro atoms. The number of benzene rings is 1. The highest BCUT2D eigenvalue weighted by atomic mass is 16.5. The van der Waals surface area contributed by atoms with E-state index in [1.54, 1.807) is 13.3 Å². The number of methoxy groups -OCH3 is 1. The van der Waals surface area contributed by atoms with Crippen LogP contribution < -0.4 is 11.1 Å². The van der Waals surface area contributed by atoms with Crippen LogP contribution >= 0.6 is 0 Å². The zero-order valence-electron chi connectivity index (χ0n) is 17.3. The minimum absolute atomic E-state index is 0.311. The molecule has 1 saturated carbocycles. The van der Waals surface area contributed by atoms with Crippen molar-refractivity contribution in [1.29, 1.82) is 0 Å². The van der Waals surface area contributed by atoms with Crippen LogP contribution in [0.4, 0.5) is 5.82 Å². The normalized spacial score (nSPS) is 14.6. The quantitative estimate of drug-likeness (QED) is 0.530. The SMILES string of the molecule is CNc1ncc(-c2cccc(COCCOC)c2)c2cc(C3(C(N)=O)CC3)ncc12. The van der Waals surface area contributed by atoms with Crippen LogP contribution in [-0.2, 0) is 26.3 Å². The van der Waals surface area contributed by atoms with Gasteiger partial charge in [0, 0.05) is 37.5 Å². The number of primary amides is 1. The van der Waals surface area contributed by atoms with E-state index in [9.17, 15) is 4.79 Å². The first kappa shape index (κ1) is 20.3. The second-order valence-electron chi connectivity index (χ2n) is 7.58. The molecule has 4 rings (SSSR count). The molecule has 0 aliphatic heterocycles. The zero-order chi connectivity index (χ0) is 21.1. The third-order valence-corrected chi connectivity index (χ3v) is 5.66. The van der Waals surface area contributed by atoms with Crippen molar-refractivity contribution >= 4 is 22.5 Å². The van der Waals surface area contributed by atoms with Gasteiger partial charge in [0.15, 0.2) is 0 Å². The summed E-state index contributed by atoms with van der Waals surface area (Å²) in [6.07, 6.45) is 5.13. The number of fused-ring (bicyclic) bond motifs is 1. The molecule has 1 fully saturated rings. The number of hydrogen-bond donors (Lipinski definition) is 2. The lowest BCUT2D eigenvalue weighted by Gasteiger charge is -2.15. The summed E-state index contributed by atoms with van der Waals surface area (Å²) in [7, 11) is 3.49. The number of nitrogens with two attached hydrogens (primary N) is 1. The number of carbonyl (C=O) groups is 1. The first-order valence-electron chi connectivity index (χ1n) is 10.0. The summed E-state index contributed by atoms with van der Waals surface area (Å²) in [6.45, 7) is 1.62. The third-order valence-electron chi connectivity index (χ3n) is 5.66. The minimum atomic E-state index is -0.633. The number of aromatic nitrogens is 2. The Hall–Kier alpha value is -3.03. The number of ether oxygens (including phenoxy) is 2. The molecular weight excluding hydrogens is 380 g/mol. The molecule has 0 atom stereocenters. The van der Waals surface area contributed by atoms with Gasteiger partial charge in [0.05, 0.1) is 30.9 Å². The molecule has 2 heterocycles. The zero-order valence-corrected chi connectivity index (χ0v) is 17.3. The number of carbonyl (C=O) groups excluding carboxylic acids is 1. The number of pyridine rings is 2. The number of nitrogens with zero attached hydrogens (tertiary/aromatic N) is 2. The summed E-state index contributed by atoms with van der Waals surface area (Å²) < 4.78 is 10.7. The molecule has 0 saturated heterocycles. The lowest BCUT2D eigenvalue weighted by molar-refractivity contribution is -0.120. The fraction of sp³-hybridized carbons (Fsp3) is 0.348. The fourth-order valence-corrected chi connectivity index (χ4v) is 3.74. The number of amides is 1. The largest absolute Gasteiger partial charge is 0.382 e. The Morgan fingerprint density at radius 3 is 2.70 bits per heavy atom. The molecule has 1 aromatic carbocycles. The molecule has 0 radical (unpaired) electrons. The average Bonchev–Trinajstić information content (AvgIpc) is 3.58. The summed E-state index contributed by atoms with van der Waals surface area (Å²) in [5, 5.41) is 5.02. The van der Waals surface area contributed by atoms with Crippen molar-refractivity contribution in [3.05, 3.63) is 54.0 Å². The Morgan fingerprint density at radius 2 is 2.00 bits per heavy atom. The van der Waals surface area contributed by atoms with Crippen LogP contribution in [0.3, 0.4) is 0 Å². The molecule has 0 bridgehead atoms. The average molecular weight is 406 g/mol. The van der Waals surface area contributed by atoms with Gasteiger partial charge in [-0.1, -0.05) is 18.2 Å². The highest BCUT2D eigenvalue weighted by molar-refractivity contribution is 6.02. The molecule has 2 aromatic heterocycles. The van der Waals surface area contributed by atoms with Gasteiger partial charge >= 0.3 is 0 Å². The molecule has 3 N–H and O–H groups in total. The van der Waals surface area contributed by atoms with E-state index in [0.717, 1.165) is 51.8 Å². The van der Waals surface area contributed by atoms with Crippen LogP contribution in [0, 0.1) is 0 Å². The van der Waals surface area contributed by atoms with Gasteiger partial charge in [0.1, 0.15) is 5.82 Å². The van der Waals surface area contributed by atoms with Gasteiger partial charge in [-0.25, -0.2) is 4.98 Å². The maximum Gasteiger partial charge on any atom is 0.229 e. The standard InChI is InChI=1S/C23H26N4O3/c1-25-21-19-13-26-20(23(6-7-23)22(24)28)11-17(19)18(12-27-21)16-5-3-4-15(10-16)14-30-9-8-29-2/h3-5,10-13H,6-9,14H2,1-2H3,(H2,24,28)(H,25,27). The topological polar surface area (TPSA) is 99.4 Å². The van der Waals surface area contributed by atoms with Crippen LogP contribution in [0.15, 0.2) is 42.7 Å². The van der Waals surface area contributed by atoms with Crippen molar-refractivity contribution < 1.29 is 14.3 Å².